The predicted octanol–water partition coefficient (Wildman–Crippen LogP) is 3.38. The van der Waals surface area contributed by atoms with Gasteiger partial charge in [0.1, 0.15) is 17.2 Å². The third-order valence-corrected chi connectivity index (χ3v) is 5.26. The molecule has 5 aromatic rings. The van der Waals surface area contributed by atoms with E-state index in [9.17, 15) is 4.79 Å². The van der Waals surface area contributed by atoms with Crippen LogP contribution in [0.2, 0.25) is 0 Å². The number of ether oxygens (including phenoxy) is 2. The third kappa shape index (κ3) is 3.39. The summed E-state index contributed by atoms with van der Waals surface area (Å²) >= 11 is 0. The van der Waals surface area contributed by atoms with Crippen molar-refractivity contribution in [2.45, 2.75) is 6.54 Å². The van der Waals surface area contributed by atoms with Gasteiger partial charge in [-0.2, -0.15) is 9.78 Å². The van der Waals surface area contributed by atoms with Crippen LogP contribution in [-0.2, 0) is 6.54 Å². The number of hydrogen-bond acceptors (Lipinski definition) is 7. The molecular formula is C24H20N6O3. The highest BCUT2D eigenvalue weighted by Crippen LogP contribution is 2.28. The molecule has 0 atom stereocenters. The molecule has 2 aromatic carbocycles. The Balaban J connectivity index is 1.77. The zero-order chi connectivity index (χ0) is 22.9. The maximum absolute atomic E-state index is 13.2. The first-order valence-corrected chi connectivity index (χ1v) is 10.2. The van der Waals surface area contributed by atoms with Gasteiger partial charge in [-0.1, -0.05) is 18.2 Å². The summed E-state index contributed by atoms with van der Waals surface area (Å²) in [6.45, 7) is 4.05. The van der Waals surface area contributed by atoms with E-state index in [0.29, 0.717) is 51.3 Å². The number of allylic oxidation sites excluding steroid dienone is 1. The molecule has 0 bridgehead atoms. The molecule has 0 fully saturated rings. The number of fused-ring (bicyclic) bond motifs is 4. The van der Waals surface area contributed by atoms with Gasteiger partial charge in [-0.15, -0.1) is 6.58 Å². The Morgan fingerprint density at radius 2 is 1.79 bits per heavy atom. The van der Waals surface area contributed by atoms with Crippen LogP contribution < -0.4 is 15.0 Å². The molecule has 0 N–H and O–H groups in total. The molecule has 0 saturated heterocycles. The summed E-state index contributed by atoms with van der Waals surface area (Å²) in [6, 6.07) is 12.9. The van der Waals surface area contributed by atoms with E-state index in [4.69, 9.17) is 19.4 Å². The highest BCUT2D eigenvalue weighted by atomic mass is 16.5. The van der Waals surface area contributed by atoms with Crippen LogP contribution in [0.1, 0.15) is 5.56 Å². The summed E-state index contributed by atoms with van der Waals surface area (Å²) in [5, 5.41) is 4.97. The first-order chi connectivity index (χ1) is 16.1. The maximum atomic E-state index is 13.2. The van der Waals surface area contributed by atoms with Gasteiger partial charge in [0.2, 0.25) is 0 Å². The Morgan fingerprint density at radius 3 is 2.52 bits per heavy atom. The van der Waals surface area contributed by atoms with Crippen LogP contribution in [-0.4, -0.2) is 44.6 Å². The van der Waals surface area contributed by atoms with Crippen LogP contribution in [0.15, 0.2) is 71.3 Å². The van der Waals surface area contributed by atoms with E-state index in [-0.39, 0.29) is 5.56 Å². The molecule has 3 heterocycles. The largest absolute Gasteiger partial charge is 0.493 e. The Bertz CT molecular complexity index is 1620. The number of methoxy groups -OCH3 is 2. The van der Waals surface area contributed by atoms with Gasteiger partial charge in [0.15, 0.2) is 22.8 Å². The number of aromatic nitrogens is 5. The fraction of sp³-hybridized carbons (Fsp3) is 0.125. The van der Waals surface area contributed by atoms with Gasteiger partial charge in [-0.3, -0.25) is 9.36 Å². The van der Waals surface area contributed by atoms with E-state index < -0.39 is 0 Å². The van der Waals surface area contributed by atoms with Crippen molar-refractivity contribution in [2.24, 2.45) is 5.10 Å². The SMILES string of the molecule is C=CCn1cnc2c(c1=O)c1nc3ccccc3nc1n2/N=C\c1ccc(OC)c(OC)c1. The lowest BCUT2D eigenvalue weighted by atomic mass is 10.2. The lowest BCUT2D eigenvalue weighted by Gasteiger charge is -2.07. The van der Waals surface area contributed by atoms with Gasteiger partial charge in [0, 0.05) is 6.54 Å². The van der Waals surface area contributed by atoms with Gasteiger partial charge in [-0.25, -0.2) is 15.0 Å². The van der Waals surface area contributed by atoms with Crippen molar-refractivity contribution in [3.63, 3.8) is 0 Å². The number of nitrogens with zero attached hydrogens (tertiary/aromatic N) is 6. The van der Waals surface area contributed by atoms with Gasteiger partial charge < -0.3 is 9.47 Å². The number of para-hydroxylation sites is 2. The molecule has 0 unspecified atom stereocenters. The van der Waals surface area contributed by atoms with Crippen LogP contribution in [0.3, 0.4) is 0 Å². The Morgan fingerprint density at radius 1 is 1.03 bits per heavy atom. The first kappa shape index (κ1) is 20.4. The molecule has 0 amide bonds. The summed E-state index contributed by atoms with van der Waals surface area (Å²) in [5.41, 5.74) is 3.20. The smallest absolute Gasteiger partial charge is 0.265 e. The molecule has 0 aliphatic carbocycles. The lowest BCUT2D eigenvalue weighted by Crippen LogP contribution is -2.19. The van der Waals surface area contributed by atoms with Crippen molar-refractivity contribution in [1.29, 1.82) is 0 Å². The minimum Gasteiger partial charge on any atom is -0.493 e. The molecule has 0 aliphatic rings. The summed E-state index contributed by atoms with van der Waals surface area (Å²) in [6.07, 6.45) is 4.77. The Kier molecular flexibility index (Phi) is 5.06. The van der Waals surface area contributed by atoms with Crippen molar-refractivity contribution < 1.29 is 9.47 Å². The fourth-order valence-electron chi connectivity index (χ4n) is 3.69. The van der Waals surface area contributed by atoms with E-state index >= 15 is 0 Å². The summed E-state index contributed by atoms with van der Waals surface area (Å²) < 4.78 is 13.7. The third-order valence-electron chi connectivity index (χ3n) is 5.26. The normalized spacial score (nSPS) is 11.6. The number of benzene rings is 2. The molecule has 0 radical (unpaired) electrons. The predicted molar refractivity (Wildman–Crippen MR) is 127 cm³/mol. The monoisotopic (exact) mass is 440 g/mol. The molecule has 3 aromatic heterocycles. The highest BCUT2D eigenvalue weighted by Gasteiger charge is 2.19. The van der Waals surface area contributed by atoms with E-state index in [1.165, 1.54) is 10.9 Å². The van der Waals surface area contributed by atoms with Crippen molar-refractivity contribution in [3.8, 4) is 11.5 Å². The second-order valence-corrected chi connectivity index (χ2v) is 7.24. The minimum absolute atomic E-state index is 0.227. The van der Waals surface area contributed by atoms with E-state index in [1.807, 2.05) is 36.4 Å². The molecule has 9 heteroatoms. The quantitative estimate of drug-likeness (QED) is 0.297. The van der Waals surface area contributed by atoms with E-state index in [0.717, 1.165) is 5.56 Å². The maximum Gasteiger partial charge on any atom is 0.265 e. The average Bonchev–Trinajstić information content (AvgIpc) is 3.15. The van der Waals surface area contributed by atoms with E-state index in [2.05, 4.69) is 16.7 Å². The Labute approximate surface area is 188 Å². The van der Waals surface area contributed by atoms with Gasteiger partial charge in [-0.05, 0) is 35.9 Å². The molecule has 0 saturated carbocycles. The van der Waals surface area contributed by atoms with Crippen LogP contribution in [0.4, 0.5) is 0 Å². The Hall–Kier alpha value is -4.53. The van der Waals surface area contributed by atoms with Crippen LogP contribution in [0.25, 0.3) is 33.2 Å². The summed E-state index contributed by atoms with van der Waals surface area (Å²) in [7, 11) is 3.15. The molecule has 164 valence electrons. The topological polar surface area (TPSA) is 96.4 Å². The summed E-state index contributed by atoms with van der Waals surface area (Å²) in [4.78, 5) is 27.2. The molecule has 0 spiro atoms. The average molecular weight is 440 g/mol. The van der Waals surface area contributed by atoms with Crippen LogP contribution in [0.5, 0.6) is 11.5 Å². The zero-order valence-corrected chi connectivity index (χ0v) is 18.1. The highest BCUT2D eigenvalue weighted by molar-refractivity contribution is 6.04. The van der Waals surface area contributed by atoms with Gasteiger partial charge in [0.05, 0.1) is 31.5 Å². The number of hydrogen-bond donors (Lipinski definition) is 0. The standard InChI is InChI=1S/C24H20N6O3/c1-4-11-29-14-25-22-20(24(29)31)21-23(28-17-8-6-5-7-16(17)27-21)30(22)26-13-15-9-10-18(32-2)19(12-15)33-3/h4-10,12-14H,1,11H2,2-3H3/b26-13-. The fourth-order valence-corrected chi connectivity index (χ4v) is 3.69. The first-order valence-electron chi connectivity index (χ1n) is 10.2. The molecule has 5 rings (SSSR count). The molecular weight excluding hydrogens is 420 g/mol. The van der Waals surface area contributed by atoms with Gasteiger partial charge >= 0.3 is 0 Å². The van der Waals surface area contributed by atoms with Crippen molar-refractivity contribution in [2.75, 3.05) is 14.2 Å². The second-order valence-electron chi connectivity index (χ2n) is 7.24. The van der Waals surface area contributed by atoms with Crippen molar-refractivity contribution in [1.82, 2.24) is 24.2 Å². The minimum atomic E-state index is -0.227. The zero-order valence-electron chi connectivity index (χ0n) is 18.1. The lowest BCUT2D eigenvalue weighted by molar-refractivity contribution is 0.355. The molecule has 9 nitrogen and oxygen atoms in total. The van der Waals surface area contributed by atoms with Crippen LogP contribution >= 0.6 is 0 Å². The summed E-state index contributed by atoms with van der Waals surface area (Å²) in [5.74, 6) is 1.20. The van der Waals surface area contributed by atoms with Crippen LogP contribution in [0, 0.1) is 0 Å². The molecule has 33 heavy (non-hydrogen) atoms. The van der Waals surface area contributed by atoms with Gasteiger partial charge in [0.25, 0.3) is 5.56 Å². The van der Waals surface area contributed by atoms with Crippen molar-refractivity contribution >= 4 is 39.4 Å². The van der Waals surface area contributed by atoms with E-state index in [1.54, 1.807) is 37.3 Å². The second kappa shape index (κ2) is 8.19. The number of rotatable bonds is 6. The molecule has 0 aliphatic heterocycles. The van der Waals surface area contributed by atoms with Crippen molar-refractivity contribution in [3.05, 3.63) is 77.4 Å².